The van der Waals surface area contributed by atoms with Crippen molar-refractivity contribution in [3.63, 3.8) is 0 Å². The lowest BCUT2D eigenvalue weighted by Crippen LogP contribution is -2.47. The fourth-order valence-corrected chi connectivity index (χ4v) is 3.36. The molecule has 4 rings (SSSR count). The first-order chi connectivity index (χ1) is 13.2. The predicted molar refractivity (Wildman–Crippen MR) is 105 cm³/mol. The first-order valence-corrected chi connectivity index (χ1v) is 9.18. The van der Waals surface area contributed by atoms with Crippen LogP contribution in [0.15, 0.2) is 49.1 Å². The molecular weight excluding hydrogens is 362 g/mol. The van der Waals surface area contributed by atoms with Gasteiger partial charge in [-0.1, -0.05) is 6.07 Å². The number of hydrogen-bond donors (Lipinski definition) is 0. The van der Waals surface area contributed by atoms with Crippen molar-refractivity contribution < 1.29 is 4.74 Å². The lowest BCUT2D eigenvalue weighted by atomic mass is 10.3. The van der Waals surface area contributed by atoms with Crippen molar-refractivity contribution in [1.29, 1.82) is 0 Å². The molecule has 0 N–H and O–H groups in total. The third-order valence-electron chi connectivity index (χ3n) is 4.61. The van der Waals surface area contributed by atoms with Crippen molar-refractivity contribution >= 4 is 18.2 Å². The molecule has 3 heterocycles. The zero-order chi connectivity index (χ0) is 18.6. The molecule has 0 radical (unpaired) electrons. The van der Waals surface area contributed by atoms with E-state index in [1.54, 1.807) is 25.8 Å². The molecule has 1 aliphatic heterocycles. The third-order valence-corrected chi connectivity index (χ3v) is 5.01. The van der Waals surface area contributed by atoms with Crippen LogP contribution in [0.1, 0.15) is 0 Å². The van der Waals surface area contributed by atoms with E-state index in [0.717, 1.165) is 43.6 Å². The number of nitrogens with zero attached hydrogens (tertiary/aromatic N) is 7. The summed E-state index contributed by atoms with van der Waals surface area (Å²) < 4.78 is 9.70. The van der Waals surface area contributed by atoms with E-state index in [9.17, 15) is 0 Å². The molecule has 2 aromatic heterocycles. The van der Waals surface area contributed by atoms with Crippen LogP contribution in [-0.2, 0) is 6.67 Å². The van der Waals surface area contributed by atoms with Crippen LogP contribution in [-0.4, -0.2) is 62.5 Å². The topological polar surface area (TPSA) is 64.2 Å². The number of benzene rings is 1. The normalized spacial score (nSPS) is 15.1. The van der Waals surface area contributed by atoms with Gasteiger partial charge in [-0.15, -0.1) is 0 Å². The van der Waals surface area contributed by atoms with Gasteiger partial charge in [0.1, 0.15) is 12.1 Å². The summed E-state index contributed by atoms with van der Waals surface area (Å²) in [7, 11) is 1.65. The van der Waals surface area contributed by atoms with Gasteiger partial charge in [0.2, 0.25) is 10.7 Å². The number of anilines is 1. The Balaban J connectivity index is 1.42. The Labute approximate surface area is 162 Å². The molecule has 3 aromatic rings. The quantitative estimate of drug-likeness (QED) is 0.624. The smallest absolute Gasteiger partial charge is 0.225 e. The Hall–Kier alpha value is -2.78. The lowest BCUT2D eigenvalue weighted by Gasteiger charge is -2.34. The van der Waals surface area contributed by atoms with Gasteiger partial charge in [-0.3, -0.25) is 9.47 Å². The zero-order valence-corrected chi connectivity index (χ0v) is 15.9. The van der Waals surface area contributed by atoms with E-state index >= 15 is 0 Å². The molecule has 0 spiro atoms. The lowest BCUT2D eigenvalue weighted by molar-refractivity contribution is 0.193. The van der Waals surface area contributed by atoms with Crippen LogP contribution in [0.2, 0.25) is 0 Å². The van der Waals surface area contributed by atoms with Crippen molar-refractivity contribution in [2.24, 2.45) is 0 Å². The van der Waals surface area contributed by atoms with E-state index in [1.807, 2.05) is 39.6 Å². The molecule has 1 fully saturated rings. The van der Waals surface area contributed by atoms with Gasteiger partial charge in [-0.25, -0.2) is 14.6 Å². The molecule has 0 unspecified atom stereocenters. The van der Waals surface area contributed by atoms with Crippen LogP contribution in [0.3, 0.4) is 0 Å². The highest BCUT2D eigenvalue weighted by molar-refractivity contribution is 7.71. The Morgan fingerprint density at radius 2 is 1.85 bits per heavy atom. The molecular formula is C18H21N7OS. The average Bonchev–Trinajstić information content (AvgIpc) is 3.09. The summed E-state index contributed by atoms with van der Waals surface area (Å²) in [4.78, 5) is 13.2. The summed E-state index contributed by atoms with van der Waals surface area (Å²) in [6.07, 6.45) is 5.31. The molecule has 140 valence electrons. The maximum atomic E-state index is 5.62. The third kappa shape index (κ3) is 3.83. The molecule has 1 aliphatic rings. The standard InChI is InChI=1S/C18H21N7OS/c1-26-16-5-2-4-15(12-16)24-13-21-25(18(24)27)14-22-8-10-23(11-9-22)17-19-6-3-7-20-17/h2-7,12-13H,8-11,14H2,1H3. The fourth-order valence-electron chi connectivity index (χ4n) is 3.10. The zero-order valence-electron chi connectivity index (χ0n) is 15.1. The number of methoxy groups -OCH3 is 1. The van der Waals surface area contributed by atoms with E-state index in [2.05, 4.69) is 24.9 Å². The van der Waals surface area contributed by atoms with Crippen LogP contribution < -0.4 is 9.64 Å². The number of rotatable bonds is 5. The number of ether oxygens (including phenoxy) is 1. The molecule has 9 heteroatoms. The highest BCUT2D eigenvalue weighted by atomic mass is 32.1. The minimum absolute atomic E-state index is 0.664. The molecule has 0 atom stereocenters. The van der Waals surface area contributed by atoms with Gasteiger partial charge in [0.25, 0.3) is 0 Å². The van der Waals surface area contributed by atoms with Crippen molar-refractivity contribution in [2.75, 3.05) is 38.2 Å². The maximum absolute atomic E-state index is 5.62. The molecule has 1 aromatic carbocycles. The van der Waals surface area contributed by atoms with Gasteiger partial charge < -0.3 is 9.64 Å². The summed E-state index contributed by atoms with van der Waals surface area (Å²) in [6.45, 7) is 4.25. The van der Waals surface area contributed by atoms with E-state index in [0.29, 0.717) is 11.4 Å². The van der Waals surface area contributed by atoms with E-state index in [-0.39, 0.29) is 0 Å². The first kappa shape index (κ1) is 17.6. The van der Waals surface area contributed by atoms with Crippen molar-refractivity contribution in [1.82, 2.24) is 29.2 Å². The monoisotopic (exact) mass is 383 g/mol. The summed E-state index contributed by atoms with van der Waals surface area (Å²) in [5.74, 6) is 1.58. The van der Waals surface area contributed by atoms with Crippen molar-refractivity contribution in [3.8, 4) is 11.4 Å². The Morgan fingerprint density at radius 1 is 1.07 bits per heavy atom. The Kier molecular flexibility index (Phi) is 5.12. The second-order valence-corrected chi connectivity index (χ2v) is 6.64. The number of hydrogen-bond acceptors (Lipinski definition) is 7. The molecule has 1 saturated heterocycles. The van der Waals surface area contributed by atoms with Gasteiger partial charge in [0.05, 0.1) is 19.5 Å². The molecule has 0 saturated carbocycles. The van der Waals surface area contributed by atoms with Gasteiger partial charge in [0, 0.05) is 44.6 Å². The fraction of sp³-hybridized carbons (Fsp3) is 0.333. The molecule has 0 aliphatic carbocycles. The van der Waals surface area contributed by atoms with Gasteiger partial charge in [-0.05, 0) is 30.4 Å². The first-order valence-electron chi connectivity index (χ1n) is 8.78. The minimum Gasteiger partial charge on any atom is -0.497 e. The second kappa shape index (κ2) is 7.85. The van der Waals surface area contributed by atoms with Crippen molar-refractivity contribution in [3.05, 3.63) is 53.8 Å². The summed E-state index contributed by atoms with van der Waals surface area (Å²) in [5, 5.41) is 4.47. The number of aromatic nitrogens is 5. The van der Waals surface area contributed by atoms with Crippen LogP contribution in [0.5, 0.6) is 5.75 Å². The second-order valence-electron chi connectivity index (χ2n) is 6.28. The van der Waals surface area contributed by atoms with Crippen LogP contribution in [0.4, 0.5) is 5.95 Å². The largest absolute Gasteiger partial charge is 0.497 e. The van der Waals surface area contributed by atoms with Crippen LogP contribution >= 0.6 is 12.2 Å². The SMILES string of the molecule is COc1cccc(-n2cnn(CN3CCN(c4ncccn4)CC3)c2=S)c1. The Bertz CT molecular complexity index is 948. The van der Waals surface area contributed by atoms with E-state index < -0.39 is 0 Å². The molecule has 0 amide bonds. The summed E-state index contributed by atoms with van der Waals surface area (Å²) in [5.41, 5.74) is 0.941. The van der Waals surface area contributed by atoms with Crippen molar-refractivity contribution in [2.45, 2.75) is 6.67 Å². The van der Waals surface area contributed by atoms with E-state index in [4.69, 9.17) is 17.0 Å². The van der Waals surface area contributed by atoms with Crippen LogP contribution in [0.25, 0.3) is 5.69 Å². The predicted octanol–water partition coefficient (Wildman–Crippen LogP) is 1.98. The maximum Gasteiger partial charge on any atom is 0.225 e. The Morgan fingerprint density at radius 3 is 2.59 bits per heavy atom. The molecule has 8 nitrogen and oxygen atoms in total. The summed E-state index contributed by atoms with van der Waals surface area (Å²) in [6, 6.07) is 9.62. The highest BCUT2D eigenvalue weighted by Crippen LogP contribution is 2.17. The summed E-state index contributed by atoms with van der Waals surface area (Å²) >= 11 is 5.62. The van der Waals surface area contributed by atoms with Gasteiger partial charge in [0.15, 0.2) is 0 Å². The van der Waals surface area contributed by atoms with Gasteiger partial charge >= 0.3 is 0 Å². The highest BCUT2D eigenvalue weighted by Gasteiger charge is 2.19. The number of piperazine rings is 1. The van der Waals surface area contributed by atoms with Crippen LogP contribution in [0, 0.1) is 4.77 Å². The molecule has 0 bridgehead atoms. The minimum atomic E-state index is 0.664. The van der Waals surface area contributed by atoms with Gasteiger partial charge in [-0.2, -0.15) is 5.10 Å². The molecule has 27 heavy (non-hydrogen) atoms. The average molecular weight is 383 g/mol. The van der Waals surface area contributed by atoms with E-state index in [1.165, 1.54) is 0 Å².